The Morgan fingerprint density at radius 3 is 2.61 bits per heavy atom. The van der Waals surface area contributed by atoms with Gasteiger partial charge < -0.3 is 10.1 Å². The Balaban J connectivity index is 1.56. The van der Waals surface area contributed by atoms with E-state index in [1.165, 1.54) is 6.07 Å². The second-order valence-electron chi connectivity index (χ2n) is 7.47. The average Bonchev–Trinajstić information content (AvgIpc) is 3.47. The number of aryl methyl sites for hydroxylation is 1. The molecule has 1 N–H and O–H groups in total. The van der Waals surface area contributed by atoms with E-state index >= 15 is 0 Å². The first kappa shape index (κ1) is 20.8. The summed E-state index contributed by atoms with van der Waals surface area (Å²) >= 11 is 0. The molecule has 0 spiro atoms. The lowest BCUT2D eigenvalue weighted by atomic mass is 10.1. The summed E-state index contributed by atoms with van der Waals surface area (Å²) in [6, 6.07) is 16.6. The number of ether oxygens (including phenoxy) is 1. The zero-order chi connectivity index (χ0) is 21.6. The zero-order valence-electron chi connectivity index (χ0n) is 17.7. The van der Waals surface area contributed by atoms with Crippen molar-refractivity contribution in [3.63, 3.8) is 0 Å². The highest BCUT2D eigenvalue weighted by atomic mass is 19.1. The molecule has 0 bridgehead atoms. The molecule has 0 saturated heterocycles. The lowest BCUT2D eigenvalue weighted by molar-refractivity contribution is 0.415. The summed E-state index contributed by atoms with van der Waals surface area (Å²) in [7, 11) is 1.64. The van der Waals surface area contributed by atoms with Crippen LogP contribution >= 0.6 is 0 Å². The van der Waals surface area contributed by atoms with Gasteiger partial charge in [-0.1, -0.05) is 12.1 Å². The molecule has 0 aliphatic rings. The summed E-state index contributed by atoms with van der Waals surface area (Å²) in [4.78, 5) is 0. The predicted molar refractivity (Wildman–Crippen MR) is 119 cm³/mol. The number of nitrogens with zero attached hydrogens (tertiary/aromatic N) is 4. The molecule has 1 atom stereocenters. The van der Waals surface area contributed by atoms with Crippen molar-refractivity contribution < 1.29 is 9.13 Å². The van der Waals surface area contributed by atoms with Crippen LogP contribution in [0, 0.1) is 5.82 Å². The molecule has 2 heterocycles. The van der Waals surface area contributed by atoms with Gasteiger partial charge in [0.2, 0.25) is 0 Å². The molecular formula is C24H26FN5O. The second kappa shape index (κ2) is 9.57. The molecule has 160 valence electrons. The second-order valence-corrected chi connectivity index (χ2v) is 7.47. The molecule has 0 fully saturated rings. The zero-order valence-corrected chi connectivity index (χ0v) is 17.7. The highest BCUT2D eigenvalue weighted by molar-refractivity contribution is 5.64. The Hall–Kier alpha value is -3.45. The lowest BCUT2D eigenvalue weighted by Gasteiger charge is -2.14. The third-order valence-electron chi connectivity index (χ3n) is 5.24. The fourth-order valence-electron chi connectivity index (χ4n) is 3.44. The average molecular weight is 420 g/mol. The van der Waals surface area contributed by atoms with E-state index in [1.54, 1.807) is 30.1 Å². The topological polar surface area (TPSA) is 56.9 Å². The minimum Gasteiger partial charge on any atom is -0.497 e. The Bertz CT molecular complexity index is 1110. The molecule has 0 saturated carbocycles. The van der Waals surface area contributed by atoms with Crippen molar-refractivity contribution in [1.29, 1.82) is 0 Å². The van der Waals surface area contributed by atoms with Crippen LogP contribution in [0.2, 0.25) is 0 Å². The quantitative estimate of drug-likeness (QED) is 0.435. The Morgan fingerprint density at radius 2 is 1.90 bits per heavy atom. The maximum Gasteiger partial charge on any atom is 0.148 e. The molecule has 4 aromatic rings. The first-order chi connectivity index (χ1) is 15.1. The Kier molecular flexibility index (Phi) is 6.43. The van der Waals surface area contributed by atoms with E-state index in [4.69, 9.17) is 9.84 Å². The molecule has 31 heavy (non-hydrogen) atoms. The van der Waals surface area contributed by atoms with E-state index in [-0.39, 0.29) is 11.9 Å². The van der Waals surface area contributed by atoms with Gasteiger partial charge >= 0.3 is 0 Å². The maximum absolute atomic E-state index is 14.4. The minimum atomic E-state index is -0.307. The highest BCUT2D eigenvalue weighted by Crippen LogP contribution is 2.26. The van der Waals surface area contributed by atoms with Gasteiger partial charge in [0, 0.05) is 48.8 Å². The molecule has 0 unspecified atom stereocenters. The number of para-hydroxylation sites is 1. The molecule has 0 radical (unpaired) electrons. The summed E-state index contributed by atoms with van der Waals surface area (Å²) in [5.41, 5.74) is 3.20. The number of halogens is 1. The van der Waals surface area contributed by atoms with Crippen molar-refractivity contribution in [2.45, 2.75) is 32.5 Å². The fraction of sp³-hybridized carbons (Fsp3) is 0.250. The number of nitrogens with one attached hydrogen (secondary N) is 1. The first-order valence-corrected chi connectivity index (χ1v) is 10.3. The Morgan fingerprint density at radius 1 is 1.10 bits per heavy atom. The number of hydrogen-bond donors (Lipinski definition) is 1. The van der Waals surface area contributed by atoms with Crippen molar-refractivity contribution in [1.82, 2.24) is 24.9 Å². The lowest BCUT2D eigenvalue weighted by Crippen LogP contribution is -2.27. The van der Waals surface area contributed by atoms with Gasteiger partial charge in [-0.3, -0.25) is 4.68 Å². The fourth-order valence-corrected chi connectivity index (χ4v) is 3.44. The predicted octanol–water partition coefficient (Wildman–Crippen LogP) is 4.45. The van der Waals surface area contributed by atoms with Crippen LogP contribution in [-0.4, -0.2) is 32.7 Å². The normalized spacial score (nSPS) is 12.1. The standard InChI is InChI=1S/C24H26FN5O/c1-18(12-15-29-14-5-13-27-29)26-16-20-17-30(23-7-4-3-6-22(23)25)28-24(20)19-8-10-21(31-2)11-9-19/h3-11,13-14,17-18,26H,12,15-16H2,1-2H3/t18-/m0/s1. The van der Waals surface area contributed by atoms with Gasteiger partial charge in [0.25, 0.3) is 0 Å². The molecule has 2 aromatic heterocycles. The summed E-state index contributed by atoms with van der Waals surface area (Å²) < 4.78 is 23.2. The van der Waals surface area contributed by atoms with Gasteiger partial charge in [-0.05, 0) is 55.8 Å². The molecule has 0 amide bonds. The summed E-state index contributed by atoms with van der Waals surface area (Å²) in [6.45, 7) is 3.62. The molecule has 2 aromatic carbocycles. The van der Waals surface area contributed by atoms with Crippen LogP contribution < -0.4 is 10.1 Å². The van der Waals surface area contributed by atoms with Crippen molar-refractivity contribution in [2.24, 2.45) is 0 Å². The SMILES string of the molecule is COc1ccc(-c2nn(-c3ccccc3F)cc2CN[C@@H](C)CCn2cccn2)cc1. The van der Waals surface area contributed by atoms with Gasteiger partial charge in [0.05, 0.1) is 12.8 Å². The highest BCUT2D eigenvalue weighted by Gasteiger charge is 2.15. The van der Waals surface area contributed by atoms with E-state index in [2.05, 4.69) is 17.3 Å². The van der Waals surface area contributed by atoms with Crippen LogP contribution in [0.1, 0.15) is 18.9 Å². The molecule has 0 aliphatic heterocycles. The van der Waals surface area contributed by atoms with E-state index in [0.29, 0.717) is 12.2 Å². The van der Waals surface area contributed by atoms with Gasteiger partial charge in [-0.25, -0.2) is 9.07 Å². The number of benzene rings is 2. The summed E-state index contributed by atoms with van der Waals surface area (Å²) in [6.07, 6.45) is 6.59. The first-order valence-electron chi connectivity index (χ1n) is 10.3. The smallest absolute Gasteiger partial charge is 0.148 e. The third kappa shape index (κ3) is 5.00. The maximum atomic E-state index is 14.4. The van der Waals surface area contributed by atoms with Gasteiger partial charge in [0.15, 0.2) is 0 Å². The van der Waals surface area contributed by atoms with Crippen molar-refractivity contribution in [2.75, 3.05) is 7.11 Å². The van der Waals surface area contributed by atoms with Crippen molar-refractivity contribution >= 4 is 0 Å². The van der Waals surface area contributed by atoms with Crippen LogP contribution in [0.25, 0.3) is 16.9 Å². The molecule has 7 heteroatoms. The number of aromatic nitrogens is 4. The van der Waals surface area contributed by atoms with Crippen LogP contribution in [0.4, 0.5) is 4.39 Å². The molecular weight excluding hydrogens is 393 g/mol. The summed E-state index contributed by atoms with van der Waals surface area (Å²) in [5.74, 6) is 0.475. The summed E-state index contributed by atoms with van der Waals surface area (Å²) in [5, 5.41) is 12.5. The van der Waals surface area contributed by atoms with Crippen LogP contribution in [0.5, 0.6) is 5.75 Å². The number of hydrogen-bond acceptors (Lipinski definition) is 4. The van der Waals surface area contributed by atoms with Crippen LogP contribution in [0.15, 0.2) is 73.2 Å². The number of methoxy groups -OCH3 is 1. The van der Waals surface area contributed by atoms with Gasteiger partial charge in [-0.15, -0.1) is 0 Å². The van der Waals surface area contributed by atoms with Gasteiger partial charge in [-0.2, -0.15) is 10.2 Å². The van der Waals surface area contributed by atoms with Gasteiger partial charge in [0.1, 0.15) is 17.3 Å². The molecule has 4 rings (SSSR count). The third-order valence-corrected chi connectivity index (χ3v) is 5.24. The van der Waals surface area contributed by atoms with E-state index in [0.717, 1.165) is 35.5 Å². The van der Waals surface area contributed by atoms with Crippen LogP contribution in [-0.2, 0) is 13.1 Å². The van der Waals surface area contributed by atoms with Crippen molar-refractivity contribution in [3.8, 4) is 22.7 Å². The molecule has 6 nitrogen and oxygen atoms in total. The largest absolute Gasteiger partial charge is 0.497 e. The van der Waals surface area contributed by atoms with E-state index in [9.17, 15) is 4.39 Å². The number of rotatable bonds is 9. The van der Waals surface area contributed by atoms with Crippen molar-refractivity contribution in [3.05, 3.63) is 84.6 Å². The van der Waals surface area contributed by atoms with E-state index < -0.39 is 0 Å². The molecule has 0 aliphatic carbocycles. The monoisotopic (exact) mass is 419 g/mol. The van der Waals surface area contributed by atoms with Crippen LogP contribution in [0.3, 0.4) is 0 Å². The Labute approximate surface area is 181 Å². The minimum absolute atomic E-state index is 0.282. The van der Waals surface area contributed by atoms with E-state index in [1.807, 2.05) is 53.5 Å².